The van der Waals surface area contributed by atoms with Crippen molar-refractivity contribution >= 4 is 59.9 Å². The predicted octanol–water partition coefficient (Wildman–Crippen LogP) is 10.9. The molecule has 0 aliphatic rings. The van der Waals surface area contributed by atoms with Gasteiger partial charge in [-0.25, -0.2) is 18.7 Å². The van der Waals surface area contributed by atoms with Crippen LogP contribution in [-0.4, -0.2) is 18.9 Å². The Kier molecular flexibility index (Phi) is 5.61. The quantitative estimate of drug-likeness (QED) is 0.184. The Morgan fingerprint density at radius 3 is 1.56 bits per heavy atom. The summed E-state index contributed by atoms with van der Waals surface area (Å²) in [4.78, 5) is 10.3. The number of pyridine rings is 1. The highest BCUT2D eigenvalue weighted by Crippen LogP contribution is 2.41. The zero-order valence-corrected chi connectivity index (χ0v) is 25.4. The molecule has 0 amide bonds. The number of nitrogens with zero attached hydrogens (tertiary/aromatic N) is 4. The molecule has 0 spiro atoms. The standard InChI is InChI=1S/C42H24F2N4/c43-28-18-13-25(14-19-28)35-24-36(26-15-20-29(44)21-16-26)46-42(45-35)48-38-12-6-4-10-33(38)34-22-17-27-23-39-32-9-2-1-7-30(32)31-8-3-5-11-37(31)47(39)40(27)41(34)48/h1-24H. The summed E-state index contributed by atoms with van der Waals surface area (Å²) in [5.74, 6) is -0.178. The number of para-hydroxylation sites is 2. The molecule has 0 aliphatic carbocycles. The highest BCUT2D eigenvalue weighted by Gasteiger charge is 2.22. The average molecular weight is 623 g/mol. The van der Waals surface area contributed by atoms with E-state index in [0.29, 0.717) is 17.3 Å². The zero-order chi connectivity index (χ0) is 31.9. The summed E-state index contributed by atoms with van der Waals surface area (Å²) in [5, 5.41) is 6.81. The normalized spacial score (nSPS) is 12.0. The van der Waals surface area contributed by atoms with Crippen LogP contribution < -0.4 is 0 Å². The molecule has 48 heavy (non-hydrogen) atoms. The van der Waals surface area contributed by atoms with Gasteiger partial charge in [-0.1, -0.05) is 72.8 Å². The molecule has 0 atom stereocenters. The third kappa shape index (κ3) is 3.86. The summed E-state index contributed by atoms with van der Waals surface area (Å²) in [5.41, 5.74) is 7.99. The van der Waals surface area contributed by atoms with Gasteiger partial charge in [0.25, 0.3) is 0 Å². The fraction of sp³-hybridized carbons (Fsp3) is 0. The molecular weight excluding hydrogens is 598 g/mol. The Balaban J connectivity index is 1.39. The van der Waals surface area contributed by atoms with Crippen molar-refractivity contribution in [2.45, 2.75) is 0 Å². The second-order valence-corrected chi connectivity index (χ2v) is 12.1. The summed E-state index contributed by atoms with van der Waals surface area (Å²) in [6.45, 7) is 0. The van der Waals surface area contributed by atoms with E-state index in [1.54, 1.807) is 24.3 Å². The lowest BCUT2D eigenvalue weighted by molar-refractivity contribution is 0.627. The molecule has 4 nitrogen and oxygen atoms in total. The minimum absolute atomic E-state index is 0.323. The maximum absolute atomic E-state index is 14.0. The lowest BCUT2D eigenvalue weighted by atomic mass is 10.1. The number of hydrogen-bond acceptors (Lipinski definition) is 2. The van der Waals surface area contributed by atoms with E-state index in [1.165, 1.54) is 40.4 Å². The van der Waals surface area contributed by atoms with E-state index in [-0.39, 0.29) is 11.6 Å². The van der Waals surface area contributed by atoms with Gasteiger partial charge in [0.15, 0.2) is 0 Å². The van der Waals surface area contributed by atoms with Crippen molar-refractivity contribution in [1.29, 1.82) is 0 Å². The molecule has 0 bridgehead atoms. The van der Waals surface area contributed by atoms with Crippen molar-refractivity contribution in [3.05, 3.63) is 157 Å². The molecule has 10 rings (SSSR count). The van der Waals surface area contributed by atoms with Gasteiger partial charge >= 0.3 is 0 Å². The van der Waals surface area contributed by atoms with Gasteiger partial charge in [-0.15, -0.1) is 0 Å². The molecule has 6 heteroatoms. The van der Waals surface area contributed by atoms with Gasteiger partial charge in [-0.3, -0.25) is 4.57 Å². The van der Waals surface area contributed by atoms with Gasteiger partial charge < -0.3 is 4.40 Å². The van der Waals surface area contributed by atoms with Crippen molar-refractivity contribution in [2.75, 3.05) is 0 Å². The van der Waals surface area contributed by atoms with Crippen LogP contribution in [-0.2, 0) is 0 Å². The molecule has 0 N–H and O–H groups in total. The van der Waals surface area contributed by atoms with Crippen LogP contribution in [0, 0.1) is 11.6 Å². The Bertz CT molecular complexity index is 2840. The number of halogens is 2. The monoisotopic (exact) mass is 622 g/mol. The second-order valence-electron chi connectivity index (χ2n) is 12.1. The molecule has 226 valence electrons. The highest BCUT2D eigenvalue weighted by atomic mass is 19.1. The fourth-order valence-corrected chi connectivity index (χ4v) is 7.31. The summed E-state index contributed by atoms with van der Waals surface area (Å²) in [7, 11) is 0. The topological polar surface area (TPSA) is 35.1 Å². The van der Waals surface area contributed by atoms with E-state index in [1.807, 2.05) is 12.1 Å². The molecule has 0 radical (unpaired) electrons. The number of rotatable bonds is 3. The first-order valence-electron chi connectivity index (χ1n) is 15.8. The SMILES string of the molecule is Fc1ccc(-c2cc(-c3ccc(F)cc3)nc(-n3c4ccccc4c4ccc5cc6c7ccccc7c7ccccc7n6c5c43)n2)cc1. The molecule has 4 aromatic heterocycles. The molecule has 10 aromatic rings. The Hall–Kier alpha value is -6.40. The van der Waals surface area contributed by atoms with E-state index in [0.717, 1.165) is 54.9 Å². The lowest BCUT2D eigenvalue weighted by Gasteiger charge is -2.13. The van der Waals surface area contributed by atoms with Crippen molar-refractivity contribution in [2.24, 2.45) is 0 Å². The van der Waals surface area contributed by atoms with Crippen LogP contribution in [0.25, 0.3) is 88.4 Å². The molecule has 0 fully saturated rings. The molecule has 0 unspecified atom stereocenters. The average Bonchev–Trinajstić information content (AvgIpc) is 3.69. The van der Waals surface area contributed by atoms with Gasteiger partial charge in [0.1, 0.15) is 11.6 Å². The number of hydrogen-bond donors (Lipinski definition) is 0. The molecular formula is C42H24F2N4. The van der Waals surface area contributed by atoms with Crippen LogP contribution in [0.3, 0.4) is 0 Å². The summed E-state index contributed by atoms with van der Waals surface area (Å²) >= 11 is 0. The van der Waals surface area contributed by atoms with Crippen LogP contribution in [0.2, 0.25) is 0 Å². The van der Waals surface area contributed by atoms with E-state index in [2.05, 4.69) is 93.9 Å². The summed E-state index contributed by atoms with van der Waals surface area (Å²) < 4.78 is 32.5. The summed E-state index contributed by atoms with van der Waals surface area (Å²) in [6, 6.07) is 46.5. The van der Waals surface area contributed by atoms with E-state index < -0.39 is 0 Å². The third-order valence-electron chi connectivity index (χ3n) is 9.43. The smallest absolute Gasteiger partial charge is 0.235 e. The first-order chi connectivity index (χ1) is 23.6. The fourth-order valence-electron chi connectivity index (χ4n) is 7.31. The van der Waals surface area contributed by atoms with Gasteiger partial charge in [0, 0.05) is 38.1 Å². The molecule has 0 saturated heterocycles. The summed E-state index contributed by atoms with van der Waals surface area (Å²) in [6.07, 6.45) is 0. The lowest BCUT2D eigenvalue weighted by Crippen LogP contribution is -2.05. The predicted molar refractivity (Wildman–Crippen MR) is 191 cm³/mol. The second kappa shape index (κ2) is 10.0. The number of aromatic nitrogens is 4. The molecule has 6 aromatic carbocycles. The Morgan fingerprint density at radius 1 is 0.417 bits per heavy atom. The zero-order valence-electron chi connectivity index (χ0n) is 25.4. The molecule has 0 saturated carbocycles. The van der Waals surface area contributed by atoms with Crippen molar-refractivity contribution in [3.8, 4) is 28.5 Å². The minimum atomic E-state index is -0.323. The highest BCUT2D eigenvalue weighted by molar-refractivity contribution is 6.22. The van der Waals surface area contributed by atoms with Crippen LogP contribution in [0.4, 0.5) is 8.78 Å². The van der Waals surface area contributed by atoms with Crippen LogP contribution in [0.5, 0.6) is 0 Å². The minimum Gasteiger partial charge on any atom is -0.307 e. The van der Waals surface area contributed by atoms with Gasteiger partial charge in [-0.2, -0.15) is 0 Å². The maximum atomic E-state index is 14.0. The maximum Gasteiger partial charge on any atom is 0.235 e. The van der Waals surface area contributed by atoms with Crippen molar-refractivity contribution in [1.82, 2.24) is 18.9 Å². The van der Waals surface area contributed by atoms with Gasteiger partial charge in [-0.05, 0) is 78.2 Å². The molecule has 4 heterocycles. The van der Waals surface area contributed by atoms with Crippen LogP contribution >= 0.6 is 0 Å². The van der Waals surface area contributed by atoms with Crippen LogP contribution in [0.1, 0.15) is 0 Å². The Morgan fingerprint density at radius 2 is 0.938 bits per heavy atom. The van der Waals surface area contributed by atoms with E-state index in [9.17, 15) is 8.78 Å². The first-order valence-corrected chi connectivity index (χ1v) is 15.8. The van der Waals surface area contributed by atoms with Crippen molar-refractivity contribution < 1.29 is 8.78 Å². The third-order valence-corrected chi connectivity index (χ3v) is 9.43. The molecule has 0 aliphatic heterocycles. The van der Waals surface area contributed by atoms with Crippen LogP contribution in [0.15, 0.2) is 146 Å². The van der Waals surface area contributed by atoms with Gasteiger partial charge in [0.05, 0.1) is 39.0 Å². The first kappa shape index (κ1) is 26.8. The van der Waals surface area contributed by atoms with E-state index >= 15 is 0 Å². The number of fused-ring (bicyclic) bond motifs is 12. The Labute approximate surface area is 272 Å². The van der Waals surface area contributed by atoms with Gasteiger partial charge in [0.2, 0.25) is 5.95 Å². The largest absolute Gasteiger partial charge is 0.307 e. The van der Waals surface area contributed by atoms with Crippen molar-refractivity contribution in [3.63, 3.8) is 0 Å². The van der Waals surface area contributed by atoms with E-state index in [4.69, 9.17) is 9.97 Å². The number of benzene rings is 6.